The second-order valence-corrected chi connectivity index (χ2v) is 10.2. The van der Waals surface area contributed by atoms with E-state index in [0.717, 1.165) is 31.1 Å². The number of esters is 1. The minimum atomic E-state index is -0.400. The number of carbonyl (C=O) groups excluding carboxylic acids is 1. The van der Waals surface area contributed by atoms with E-state index in [1.807, 2.05) is 0 Å². The van der Waals surface area contributed by atoms with Gasteiger partial charge in [0.15, 0.2) is 0 Å². The fraction of sp³-hybridized carbons (Fsp3) is 0.727. The molecule has 6 atom stereocenters. The molecule has 0 amide bonds. The Hall–Kier alpha value is -0.650. The molecule has 3 nitrogen and oxygen atoms in total. The fourth-order valence-electron chi connectivity index (χ4n) is 6.67. The van der Waals surface area contributed by atoms with Gasteiger partial charge < -0.3 is 7.80 Å². The first kappa shape index (κ1) is 18.7. The topological polar surface area (TPSA) is 35.5 Å². The van der Waals surface area contributed by atoms with Gasteiger partial charge in [-0.1, -0.05) is 25.5 Å². The van der Waals surface area contributed by atoms with Gasteiger partial charge in [0.05, 0.1) is 0 Å². The molecule has 0 aromatic rings. The average molecular weight is 470 g/mol. The van der Waals surface area contributed by atoms with Gasteiger partial charge in [0.1, 0.15) is 33.0 Å². The number of rotatable bonds is 3. The highest BCUT2D eigenvalue weighted by Crippen LogP contribution is 2.65. The van der Waals surface area contributed by atoms with Gasteiger partial charge in [0, 0.05) is 18.8 Å². The second kappa shape index (κ2) is 6.75. The number of halogens is 1. The molecule has 2 fully saturated rings. The molecule has 0 aromatic carbocycles. The maximum atomic E-state index is 11.4. The molecule has 4 heteroatoms. The van der Waals surface area contributed by atoms with Crippen molar-refractivity contribution in [2.45, 2.75) is 71.8 Å². The standard InChI is InChI=1S/C22H31IO3/c1-14(24)25-16-9-11-21(2)15(13-16)5-6-17-18-7-8-20(26-23-4)22(18,3)12-10-19(17)21/h5,8,16-19H,4,6-7,9-13H2,1-3H3/t16-,17+,18?,19?,21-,22-/m0/s1. The SMILES string of the molecule is C=IOC1=CCC2[C@H]3CC=C4C[C@@H](OC(C)=O)CC[C@]4(C)C3CC[C@]12C. The third kappa shape index (κ3) is 2.82. The molecule has 0 N–H and O–H groups in total. The van der Waals surface area contributed by atoms with E-state index in [0.29, 0.717) is 11.3 Å². The number of hydrogen-bond acceptors (Lipinski definition) is 3. The molecule has 144 valence electrons. The number of ether oxygens (including phenoxy) is 1. The highest BCUT2D eigenvalue weighted by molar-refractivity contribution is 14.2. The molecular formula is C22H31IO3. The predicted octanol–water partition coefficient (Wildman–Crippen LogP) is 5.71. The van der Waals surface area contributed by atoms with Crippen molar-refractivity contribution in [1.82, 2.24) is 0 Å². The summed E-state index contributed by atoms with van der Waals surface area (Å²) in [4.78, 5) is 11.4. The van der Waals surface area contributed by atoms with E-state index in [1.165, 1.54) is 38.4 Å². The first-order valence-corrected chi connectivity index (χ1v) is 12.4. The van der Waals surface area contributed by atoms with Crippen LogP contribution in [0.15, 0.2) is 23.5 Å². The average Bonchev–Trinajstić information content (AvgIpc) is 2.92. The zero-order valence-electron chi connectivity index (χ0n) is 16.2. The van der Waals surface area contributed by atoms with Crippen LogP contribution in [0.5, 0.6) is 0 Å². The van der Waals surface area contributed by atoms with E-state index >= 15 is 0 Å². The Labute approximate surface area is 167 Å². The summed E-state index contributed by atoms with van der Waals surface area (Å²) in [7, 11) is 0. The summed E-state index contributed by atoms with van der Waals surface area (Å²) in [5.41, 5.74) is 2.09. The van der Waals surface area contributed by atoms with Gasteiger partial charge in [-0.2, -0.15) is 0 Å². The molecule has 0 bridgehead atoms. The summed E-state index contributed by atoms with van der Waals surface area (Å²) in [6.07, 6.45) is 13.0. The van der Waals surface area contributed by atoms with Crippen molar-refractivity contribution in [3.05, 3.63) is 23.5 Å². The van der Waals surface area contributed by atoms with E-state index in [4.69, 9.17) is 7.80 Å². The quantitative estimate of drug-likeness (QED) is 0.301. The van der Waals surface area contributed by atoms with Crippen LogP contribution in [0.25, 0.3) is 0 Å². The number of fused-ring (bicyclic) bond motifs is 5. The van der Waals surface area contributed by atoms with Gasteiger partial charge in [-0.25, -0.2) is 0 Å². The van der Waals surface area contributed by atoms with Crippen LogP contribution in [0, 0.1) is 28.6 Å². The van der Waals surface area contributed by atoms with Crippen LogP contribution in [0.3, 0.4) is 0 Å². The third-order valence-corrected chi connectivity index (χ3v) is 8.82. The van der Waals surface area contributed by atoms with Gasteiger partial charge in [-0.3, -0.25) is 4.79 Å². The van der Waals surface area contributed by atoms with Crippen molar-refractivity contribution >= 4 is 31.6 Å². The Balaban J connectivity index is 1.57. The lowest BCUT2D eigenvalue weighted by atomic mass is 9.48. The largest absolute Gasteiger partial charge is 0.462 e. The highest BCUT2D eigenvalue weighted by atomic mass is 127. The van der Waals surface area contributed by atoms with Gasteiger partial charge in [0.2, 0.25) is 0 Å². The summed E-state index contributed by atoms with van der Waals surface area (Å²) in [6, 6.07) is 0. The molecule has 4 aliphatic rings. The Bertz CT molecular complexity index is 681. The molecule has 0 heterocycles. The van der Waals surface area contributed by atoms with E-state index < -0.39 is 21.1 Å². The second-order valence-electron chi connectivity index (χ2n) is 9.18. The van der Waals surface area contributed by atoms with Crippen LogP contribution in [0.4, 0.5) is 0 Å². The molecule has 0 aliphatic heterocycles. The van der Waals surface area contributed by atoms with Crippen molar-refractivity contribution in [2.75, 3.05) is 0 Å². The summed E-state index contributed by atoms with van der Waals surface area (Å²) < 4.78 is 15.6. The lowest BCUT2D eigenvalue weighted by Gasteiger charge is -2.57. The van der Waals surface area contributed by atoms with Crippen LogP contribution >= 0.6 is 21.1 Å². The smallest absolute Gasteiger partial charge is 0.302 e. The molecule has 0 radical (unpaired) electrons. The summed E-state index contributed by atoms with van der Waals surface area (Å²) in [6.45, 7) is 6.46. The maximum Gasteiger partial charge on any atom is 0.302 e. The lowest BCUT2D eigenvalue weighted by Crippen LogP contribution is -2.50. The molecule has 2 unspecified atom stereocenters. The molecule has 0 saturated heterocycles. The normalized spacial score (nSPS) is 44.1. The molecule has 26 heavy (non-hydrogen) atoms. The Morgan fingerprint density at radius 1 is 1.15 bits per heavy atom. The summed E-state index contributed by atoms with van der Waals surface area (Å²) in [5.74, 6) is 3.35. The van der Waals surface area contributed by atoms with Crippen LogP contribution in [-0.4, -0.2) is 16.6 Å². The molecule has 4 aliphatic carbocycles. The summed E-state index contributed by atoms with van der Waals surface area (Å²) in [5, 5.41) is 0. The number of hydrogen-bond donors (Lipinski definition) is 0. The van der Waals surface area contributed by atoms with Gasteiger partial charge in [-0.05, 0) is 72.3 Å². The van der Waals surface area contributed by atoms with Crippen LogP contribution in [0.2, 0.25) is 0 Å². The Morgan fingerprint density at radius 3 is 2.65 bits per heavy atom. The van der Waals surface area contributed by atoms with Crippen LogP contribution in [-0.2, 0) is 12.6 Å². The lowest BCUT2D eigenvalue weighted by molar-refractivity contribution is -0.148. The molecule has 0 spiro atoms. The number of carbonyl (C=O) groups is 1. The monoisotopic (exact) mass is 470 g/mol. The van der Waals surface area contributed by atoms with Gasteiger partial charge in [-0.15, -0.1) is 0 Å². The number of allylic oxidation sites excluding steroid dienone is 3. The fourth-order valence-corrected chi connectivity index (χ4v) is 7.69. The van der Waals surface area contributed by atoms with E-state index in [-0.39, 0.29) is 17.5 Å². The summed E-state index contributed by atoms with van der Waals surface area (Å²) >= 11 is -0.400. The van der Waals surface area contributed by atoms with Crippen molar-refractivity contribution < 1.29 is 12.6 Å². The zero-order chi connectivity index (χ0) is 18.5. The Kier molecular flexibility index (Phi) is 4.85. The maximum absolute atomic E-state index is 11.4. The molecule has 0 aromatic heterocycles. The van der Waals surface area contributed by atoms with E-state index in [2.05, 4.69) is 30.5 Å². The van der Waals surface area contributed by atoms with Crippen LogP contribution in [0.1, 0.15) is 65.7 Å². The predicted molar refractivity (Wildman–Crippen MR) is 113 cm³/mol. The third-order valence-electron chi connectivity index (χ3n) is 8.04. The van der Waals surface area contributed by atoms with Crippen LogP contribution < -0.4 is 0 Å². The van der Waals surface area contributed by atoms with Crippen molar-refractivity contribution in [1.29, 1.82) is 0 Å². The van der Waals surface area contributed by atoms with Gasteiger partial charge >= 0.3 is 5.97 Å². The van der Waals surface area contributed by atoms with E-state index in [9.17, 15) is 4.79 Å². The van der Waals surface area contributed by atoms with E-state index in [1.54, 1.807) is 5.57 Å². The highest BCUT2D eigenvalue weighted by Gasteiger charge is 2.57. The zero-order valence-corrected chi connectivity index (χ0v) is 18.4. The van der Waals surface area contributed by atoms with Crippen molar-refractivity contribution in [3.63, 3.8) is 0 Å². The minimum absolute atomic E-state index is 0.0892. The van der Waals surface area contributed by atoms with Crippen molar-refractivity contribution in [2.24, 2.45) is 28.6 Å². The molecule has 4 rings (SSSR count). The molecule has 2 saturated carbocycles. The first-order chi connectivity index (χ1) is 12.4. The first-order valence-electron chi connectivity index (χ1n) is 10.0. The van der Waals surface area contributed by atoms with Gasteiger partial charge in [0.25, 0.3) is 0 Å². The molecular weight excluding hydrogens is 439 g/mol. The minimum Gasteiger partial charge on any atom is -0.462 e. The van der Waals surface area contributed by atoms with Crippen molar-refractivity contribution in [3.8, 4) is 0 Å². The Morgan fingerprint density at radius 2 is 1.92 bits per heavy atom.